The average molecular weight is 467 g/mol. The molecule has 8 heteroatoms. The van der Waals surface area contributed by atoms with Gasteiger partial charge >= 0.3 is 0 Å². The molecule has 0 radical (unpaired) electrons. The number of carbonyl (C=O) groups is 3. The first-order valence-electron chi connectivity index (χ1n) is 11.4. The van der Waals surface area contributed by atoms with Crippen LogP contribution in [0.1, 0.15) is 48.7 Å². The van der Waals surface area contributed by atoms with Gasteiger partial charge in [-0.05, 0) is 74.7 Å². The molecule has 1 aliphatic rings. The van der Waals surface area contributed by atoms with Crippen molar-refractivity contribution in [2.24, 2.45) is 11.7 Å². The fourth-order valence-corrected chi connectivity index (χ4v) is 5.46. The van der Waals surface area contributed by atoms with Gasteiger partial charge in [-0.1, -0.05) is 12.1 Å². The predicted octanol–water partition coefficient (Wildman–Crippen LogP) is 3.84. The number of carbonyl (C=O) groups excluding carboxylic acids is 3. The van der Waals surface area contributed by atoms with Crippen molar-refractivity contribution < 1.29 is 14.4 Å². The summed E-state index contributed by atoms with van der Waals surface area (Å²) in [6, 6.07) is 11.7. The number of hydrogen-bond acceptors (Lipinski definition) is 4. The van der Waals surface area contributed by atoms with E-state index in [-0.39, 0.29) is 36.2 Å². The summed E-state index contributed by atoms with van der Waals surface area (Å²) in [6.07, 6.45) is 2.84. The Hall–Kier alpha value is -3.13. The molecule has 0 bridgehead atoms. The van der Waals surface area contributed by atoms with Crippen molar-refractivity contribution in [1.82, 2.24) is 9.88 Å². The van der Waals surface area contributed by atoms with Crippen molar-refractivity contribution in [2.75, 3.05) is 11.4 Å². The zero-order valence-electron chi connectivity index (χ0n) is 19.0. The summed E-state index contributed by atoms with van der Waals surface area (Å²) >= 11 is 1.55. The van der Waals surface area contributed by atoms with Crippen molar-refractivity contribution in [1.29, 1.82) is 0 Å². The van der Waals surface area contributed by atoms with Gasteiger partial charge in [0, 0.05) is 24.2 Å². The third-order valence-electron chi connectivity index (χ3n) is 6.44. The maximum absolute atomic E-state index is 13.3. The number of aromatic nitrogens is 1. The van der Waals surface area contributed by atoms with E-state index in [1.54, 1.807) is 16.2 Å². The number of nitrogens with zero attached hydrogens (tertiary/aromatic N) is 2. The molecule has 3 amide bonds. The van der Waals surface area contributed by atoms with E-state index in [0.717, 1.165) is 34.3 Å². The number of anilines is 1. The number of benzene rings is 1. The summed E-state index contributed by atoms with van der Waals surface area (Å²) in [5.41, 5.74) is 8.74. The van der Waals surface area contributed by atoms with Gasteiger partial charge in [0.2, 0.25) is 11.8 Å². The lowest BCUT2D eigenvalue weighted by molar-refractivity contribution is -0.122. The first-order chi connectivity index (χ1) is 15.9. The summed E-state index contributed by atoms with van der Waals surface area (Å²) in [5, 5.41) is 5.08. The van der Waals surface area contributed by atoms with Crippen LogP contribution in [0.3, 0.4) is 0 Å². The summed E-state index contributed by atoms with van der Waals surface area (Å²) in [4.78, 5) is 39.7. The van der Waals surface area contributed by atoms with Crippen molar-refractivity contribution in [3.8, 4) is 0 Å². The molecule has 0 unspecified atom stereocenters. The molecule has 1 saturated carbocycles. The molecule has 1 fully saturated rings. The number of fused-ring (bicyclic) bond motifs is 1. The van der Waals surface area contributed by atoms with Crippen LogP contribution in [0.5, 0.6) is 0 Å². The average Bonchev–Trinajstić information content (AvgIpc) is 3.37. The monoisotopic (exact) mass is 466 g/mol. The number of rotatable bonds is 7. The number of thiophene rings is 1. The topological polar surface area (TPSA) is 97.4 Å². The number of amides is 3. The minimum atomic E-state index is -0.263. The Kier molecular flexibility index (Phi) is 6.83. The highest BCUT2D eigenvalue weighted by molar-refractivity contribution is 7.17. The Balaban J connectivity index is 1.53. The normalized spacial score (nSPS) is 18.2. The molecule has 3 N–H and O–H groups in total. The van der Waals surface area contributed by atoms with E-state index in [9.17, 15) is 14.4 Å². The van der Waals surface area contributed by atoms with Gasteiger partial charge in [-0.25, -0.2) is 0 Å². The molecular formula is C25H30N4O3S. The molecule has 7 nitrogen and oxygen atoms in total. The molecule has 0 spiro atoms. The van der Waals surface area contributed by atoms with E-state index in [4.69, 9.17) is 5.73 Å². The van der Waals surface area contributed by atoms with Crippen LogP contribution >= 0.6 is 11.3 Å². The smallest absolute Gasteiger partial charge is 0.268 e. The van der Waals surface area contributed by atoms with Gasteiger partial charge in [0.25, 0.3) is 5.91 Å². The second-order valence-corrected chi connectivity index (χ2v) is 9.63. The SMILES string of the molecule is CCN(C(=O)Cn1c(C(=O)N[C@H]2CC[C@H](C(N)=O)CC2)cc2sccc21)c1cccc(C)c1. The third kappa shape index (κ3) is 4.95. The summed E-state index contributed by atoms with van der Waals surface area (Å²) in [6.45, 7) is 4.58. The summed E-state index contributed by atoms with van der Waals surface area (Å²) < 4.78 is 2.79. The van der Waals surface area contributed by atoms with Gasteiger partial charge < -0.3 is 20.5 Å². The number of hydrogen-bond donors (Lipinski definition) is 2. The quantitative estimate of drug-likeness (QED) is 0.554. The number of nitrogens with one attached hydrogen (secondary N) is 1. The minimum absolute atomic E-state index is 0.00428. The van der Waals surface area contributed by atoms with Crippen LogP contribution in [0.4, 0.5) is 5.69 Å². The molecule has 3 aromatic rings. The third-order valence-corrected chi connectivity index (χ3v) is 7.30. The zero-order valence-corrected chi connectivity index (χ0v) is 19.9. The van der Waals surface area contributed by atoms with Crippen molar-refractivity contribution in [2.45, 2.75) is 52.1 Å². The Labute approximate surface area is 197 Å². The predicted molar refractivity (Wildman–Crippen MR) is 131 cm³/mol. The number of nitrogens with two attached hydrogens (primary N) is 1. The van der Waals surface area contributed by atoms with E-state index in [0.29, 0.717) is 25.1 Å². The van der Waals surface area contributed by atoms with E-state index < -0.39 is 0 Å². The number of likely N-dealkylation sites (N-methyl/N-ethyl adjacent to an activating group) is 1. The molecular weight excluding hydrogens is 436 g/mol. The van der Waals surface area contributed by atoms with Crippen molar-refractivity contribution in [3.05, 3.63) is 53.0 Å². The van der Waals surface area contributed by atoms with Crippen molar-refractivity contribution in [3.63, 3.8) is 0 Å². The van der Waals surface area contributed by atoms with Gasteiger partial charge in [-0.2, -0.15) is 0 Å². The minimum Gasteiger partial charge on any atom is -0.369 e. The van der Waals surface area contributed by atoms with Gasteiger partial charge in [0.1, 0.15) is 12.2 Å². The van der Waals surface area contributed by atoms with E-state index in [1.807, 2.05) is 60.2 Å². The second kappa shape index (κ2) is 9.79. The van der Waals surface area contributed by atoms with Gasteiger partial charge in [-0.3, -0.25) is 14.4 Å². The van der Waals surface area contributed by atoms with Crippen LogP contribution in [-0.4, -0.2) is 34.9 Å². The largest absolute Gasteiger partial charge is 0.369 e. The van der Waals surface area contributed by atoms with Gasteiger partial charge in [0.15, 0.2) is 0 Å². The molecule has 1 aliphatic carbocycles. The van der Waals surface area contributed by atoms with Crippen LogP contribution in [0.15, 0.2) is 41.8 Å². The van der Waals surface area contributed by atoms with Crippen LogP contribution in [0, 0.1) is 12.8 Å². The molecule has 2 heterocycles. The highest BCUT2D eigenvalue weighted by Crippen LogP contribution is 2.28. The molecule has 174 valence electrons. The van der Waals surface area contributed by atoms with E-state index in [1.165, 1.54) is 0 Å². The summed E-state index contributed by atoms with van der Waals surface area (Å²) in [7, 11) is 0. The molecule has 0 atom stereocenters. The highest BCUT2D eigenvalue weighted by Gasteiger charge is 2.27. The fourth-order valence-electron chi connectivity index (χ4n) is 4.64. The Bertz CT molecular complexity index is 1170. The summed E-state index contributed by atoms with van der Waals surface area (Å²) in [5.74, 6) is -0.622. The lowest BCUT2D eigenvalue weighted by Gasteiger charge is -2.27. The van der Waals surface area contributed by atoms with E-state index in [2.05, 4.69) is 5.32 Å². The maximum Gasteiger partial charge on any atom is 0.268 e. The molecule has 0 aliphatic heterocycles. The highest BCUT2D eigenvalue weighted by atomic mass is 32.1. The Morgan fingerprint density at radius 1 is 1.15 bits per heavy atom. The molecule has 33 heavy (non-hydrogen) atoms. The van der Waals surface area contributed by atoms with E-state index >= 15 is 0 Å². The number of aryl methyl sites for hydroxylation is 1. The Morgan fingerprint density at radius 2 is 1.91 bits per heavy atom. The standard InChI is InChI=1S/C25H30N4O3S/c1-3-28(19-6-4-5-16(2)13-19)23(30)15-29-20-11-12-33-22(20)14-21(29)25(32)27-18-9-7-17(8-10-18)24(26)31/h4-6,11-14,17-18H,3,7-10,15H2,1-2H3,(H2,26,31)(H,27,32)/t17-,18-. The molecule has 0 saturated heterocycles. The molecule has 2 aromatic heterocycles. The fraction of sp³-hybridized carbons (Fsp3) is 0.400. The van der Waals surface area contributed by atoms with Crippen LogP contribution in [-0.2, 0) is 16.1 Å². The van der Waals surface area contributed by atoms with Crippen LogP contribution in [0.2, 0.25) is 0 Å². The first-order valence-corrected chi connectivity index (χ1v) is 12.3. The number of primary amides is 1. The van der Waals surface area contributed by atoms with Gasteiger partial charge in [0.05, 0.1) is 10.2 Å². The zero-order chi connectivity index (χ0) is 23.5. The second-order valence-electron chi connectivity index (χ2n) is 8.69. The molecule has 4 rings (SSSR count). The van der Waals surface area contributed by atoms with Gasteiger partial charge in [-0.15, -0.1) is 11.3 Å². The first kappa shape index (κ1) is 23.0. The van der Waals surface area contributed by atoms with Crippen molar-refractivity contribution >= 4 is 45.0 Å². The maximum atomic E-state index is 13.3. The Morgan fingerprint density at radius 3 is 2.58 bits per heavy atom. The van der Waals surface area contributed by atoms with Crippen LogP contribution < -0.4 is 16.0 Å². The van der Waals surface area contributed by atoms with Crippen LogP contribution in [0.25, 0.3) is 10.2 Å². The lowest BCUT2D eigenvalue weighted by atomic mass is 9.85. The molecule has 1 aromatic carbocycles. The lowest BCUT2D eigenvalue weighted by Crippen LogP contribution is -2.41.